The summed E-state index contributed by atoms with van der Waals surface area (Å²) in [6, 6.07) is 8.77. The van der Waals surface area contributed by atoms with Gasteiger partial charge in [-0.25, -0.2) is 0 Å². The van der Waals surface area contributed by atoms with E-state index in [0.29, 0.717) is 18.8 Å². The SMILES string of the molecule is CCOC(=O)CCCc1ccc(N2CC[N+]3(CCC(=O)CC3)CC2)cc1.[Cl-]. The summed E-state index contributed by atoms with van der Waals surface area (Å²) in [5, 5.41) is 0. The summed E-state index contributed by atoms with van der Waals surface area (Å²) in [4.78, 5) is 25.4. The highest BCUT2D eigenvalue weighted by Crippen LogP contribution is 2.24. The molecule has 0 saturated carbocycles. The van der Waals surface area contributed by atoms with Crippen LogP contribution in [-0.4, -0.2) is 62.1 Å². The molecule has 2 aliphatic heterocycles. The molecule has 0 unspecified atom stereocenters. The zero-order chi connectivity index (χ0) is 18.4. The number of piperidine rings is 1. The van der Waals surface area contributed by atoms with E-state index in [1.807, 2.05) is 6.92 Å². The molecule has 2 fully saturated rings. The fraction of sp³-hybridized carbons (Fsp3) is 0.619. The van der Waals surface area contributed by atoms with E-state index in [2.05, 4.69) is 29.2 Å². The maximum Gasteiger partial charge on any atom is 0.305 e. The molecule has 150 valence electrons. The molecular formula is C21H31ClN2O3. The van der Waals surface area contributed by atoms with Gasteiger partial charge in [-0.1, -0.05) is 12.1 Å². The van der Waals surface area contributed by atoms with Crippen molar-refractivity contribution in [3.63, 3.8) is 0 Å². The predicted molar refractivity (Wildman–Crippen MR) is 102 cm³/mol. The first kappa shape index (κ1) is 21.7. The average molecular weight is 395 g/mol. The molecule has 2 aliphatic rings. The van der Waals surface area contributed by atoms with Crippen molar-refractivity contribution < 1.29 is 31.2 Å². The van der Waals surface area contributed by atoms with Crippen molar-refractivity contribution in [2.45, 2.75) is 39.0 Å². The standard InChI is InChI=1S/C21H31N2O3.ClH/c1-2-26-21(25)5-3-4-18-6-8-19(9-7-18)22-12-16-23(17-13-22)14-10-20(24)11-15-23;/h6-9H,2-5,10-17H2,1H3;1H/q+1;/p-1. The number of anilines is 1. The van der Waals surface area contributed by atoms with E-state index in [-0.39, 0.29) is 18.4 Å². The molecule has 0 aliphatic carbocycles. The lowest BCUT2D eigenvalue weighted by molar-refractivity contribution is -0.929. The Hall–Kier alpha value is -1.59. The number of hydrogen-bond donors (Lipinski definition) is 0. The number of rotatable bonds is 6. The number of halogens is 1. The maximum absolute atomic E-state index is 11.5. The predicted octanol–water partition coefficient (Wildman–Crippen LogP) is -0.424. The van der Waals surface area contributed by atoms with Crippen molar-refractivity contribution in [2.75, 3.05) is 50.8 Å². The number of aryl methyl sites for hydroxylation is 1. The number of benzene rings is 1. The highest BCUT2D eigenvalue weighted by molar-refractivity contribution is 5.79. The lowest BCUT2D eigenvalue weighted by atomic mass is 10.0. The summed E-state index contributed by atoms with van der Waals surface area (Å²) in [7, 11) is 0. The first-order chi connectivity index (χ1) is 12.6. The third kappa shape index (κ3) is 5.94. The topological polar surface area (TPSA) is 46.6 Å². The van der Waals surface area contributed by atoms with E-state index < -0.39 is 0 Å². The van der Waals surface area contributed by atoms with E-state index in [1.165, 1.54) is 11.3 Å². The Kier molecular flexibility index (Phi) is 8.11. The molecule has 0 radical (unpaired) electrons. The Morgan fingerprint density at radius 2 is 1.70 bits per heavy atom. The van der Waals surface area contributed by atoms with Crippen LogP contribution in [0.3, 0.4) is 0 Å². The minimum atomic E-state index is -0.103. The van der Waals surface area contributed by atoms with Crippen molar-refractivity contribution >= 4 is 17.4 Å². The smallest absolute Gasteiger partial charge is 0.305 e. The Morgan fingerprint density at radius 1 is 1.07 bits per heavy atom. The third-order valence-corrected chi connectivity index (χ3v) is 5.87. The van der Waals surface area contributed by atoms with Crippen LogP contribution in [0.2, 0.25) is 0 Å². The number of Topliss-reactive ketones (excluding diaryl/α,β-unsaturated/α-hetero) is 1. The fourth-order valence-corrected chi connectivity index (χ4v) is 4.10. The van der Waals surface area contributed by atoms with Crippen LogP contribution in [0.4, 0.5) is 5.69 Å². The summed E-state index contributed by atoms with van der Waals surface area (Å²) in [5.74, 6) is 0.337. The molecule has 1 aromatic rings. The minimum Gasteiger partial charge on any atom is -1.00 e. The van der Waals surface area contributed by atoms with Gasteiger partial charge in [-0.3, -0.25) is 9.59 Å². The molecule has 0 aromatic heterocycles. The number of carbonyl (C=O) groups excluding carboxylic acids is 2. The number of ketones is 1. The highest BCUT2D eigenvalue weighted by Gasteiger charge is 2.36. The Bertz CT molecular complexity index is 613. The van der Waals surface area contributed by atoms with E-state index in [9.17, 15) is 9.59 Å². The Morgan fingerprint density at radius 3 is 2.30 bits per heavy atom. The number of piperazine rings is 1. The van der Waals surface area contributed by atoms with Crippen molar-refractivity contribution in [1.29, 1.82) is 0 Å². The van der Waals surface area contributed by atoms with Gasteiger partial charge in [0, 0.05) is 12.1 Å². The summed E-state index contributed by atoms with van der Waals surface area (Å²) in [6.45, 7) is 8.79. The second-order valence-corrected chi connectivity index (χ2v) is 7.59. The average Bonchev–Trinajstić information content (AvgIpc) is 2.66. The van der Waals surface area contributed by atoms with E-state index in [1.54, 1.807) is 0 Å². The van der Waals surface area contributed by atoms with E-state index >= 15 is 0 Å². The van der Waals surface area contributed by atoms with Gasteiger partial charge in [-0.15, -0.1) is 0 Å². The zero-order valence-corrected chi connectivity index (χ0v) is 17.0. The lowest BCUT2D eigenvalue weighted by Crippen LogP contribution is -3.00. The van der Waals surface area contributed by atoms with Crippen LogP contribution >= 0.6 is 0 Å². The maximum atomic E-state index is 11.5. The van der Waals surface area contributed by atoms with Crippen molar-refractivity contribution in [3.05, 3.63) is 29.8 Å². The number of quaternary nitrogens is 1. The van der Waals surface area contributed by atoms with Crippen LogP contribution < -0.4 is 17.3 Å². The van der Waals surface area contributed by atoms with Crippen LogP contribution in [0, 0.1) is 0 Å². The van der Waals surface area contributed by atoms with Gasteiger partial charge in [0.25, 0.3) is 0 Å². The first-order valence-electron chi connectivity index (χ1n) is 9.96. The highest BCUT2D eigenvalue weighted by atomic mass is 35.5. The number of carbonyl (C=O) groups is 2. The molecule has 1 spiro atoms. The summed E-state index contributed by atoms with van der Waals surface area (Å²) in [6.07, 6.45) is 3.76. The van der Waals surface area contributed by atoms with Gasteiger partial charge in [0.15, 0.2) is 0 Å². The number of esters is 1. The molecule has 0 atom stereocenters. The summed E-state index contributed by atoms with van der Waals surface area (Å²) < 4.78 is 6.10. The van der Waals surface area contributed by atoms with Gasteiger partial charge in [-0.2, -0.15) is 0 Å². The molecule has 0 bridgehead atoms. The number of hydrogen-bond acceptors (Lipinski definition) is 4. The summed E-state index contributed by atoms with van der Waals surface area (Å²) >= 11 is 0. The Balaban J connectivity index is 0.00000261. The molecule has 27 heavy (non-hydrogen) atoms. The van der Waals surface area contributed by atoms with Crippen molar-refractivity contribution in [3.8, 4) is 0 Å². The van der Waals surface area contributed by atoms with Gasteiger partial charge >= 0.3 is 5.97 Å². The van der Waals surface area contributed by atoms with Gasteiger partial charge < -0.3 is 26.5 Å². The molecule has 2 saturated heterocycles. The van der Waals surface area contributed by atoms with E-state index in [0.717, 1.165) is 69.4 Å². The van der Waals surface area contributed by atoms with Gasteiger partial charge in [0.1, 0.15) is 5.78 Å². The van der Waals surface area contributed by atoms with Crippen LogP contribution in [0.1, 0.15) is 38.2 Å². The summed E-state index contributed by atoms with van der Waals surface area (Å²) in [5.41, 5.74) is 2.55. The zero-order valence-electron chi connectivity index (χ0n) is 16.3. The first-order valence-corrected chi connectivity index (χ1v) is 9.96. The van der Waals surface area contributed by atoms with Gasteiger partial charge in [0.2, 0.25) is 0 Å². The molecule has 5 nitrogen and oxygen atoms in total. The third-order valence-electron chi connectivity index (χ3n) is 5.87. The minimum absolute atomic E-state index is 0. The van der Waals surface area contributed by atoms with Gasteiger partial charge in [-0.05, 0) is 37.5 Å². The second kappa shape index (κ2) is 10.1. The van der Waals surface area contributed by atoms with Crippen molar-refractivity contribution in [1.82, 2.24) is 0 Å². The van der Waals surface area contributed by atoms with E-state index in [4.69, 9.17) is 4.74 Å². The Labute approximate surface area is 168 Å². The number of nitrogens with zero attached hydrogens (tertiary/aromatic N) is 2. The van der Waals surface area contributed by atoms with Gasteiger partial charge in [0.05, 0.1) is 58.7 Å². The largest absolute Gasteiger partial charge is 1.00 e. The van der Waals surface area contributed by atoms with Crippen LogP contribution in [0.25, 0.3) is 0 Å². The second-order valence-electron chi connectivity index (χ2n) is 7.59. The fourth-order valence-electron chi connectivity index (χ4n) is 4.10. The molecule has 1 aromatic carbocycles. The van der Waals surface area contributed by atoms with Crippen molar-refractivity contribution in [2.24, 2.45) is 0 Å². The molecular weight excluding hydrogens is 364 g/mol. The molecule has 3 rings (SSSR count). The normalized spacial score (nSPS) is 18.9. The number of ether oxygens (including phenoxy) is 1. The molecule has 6 heteroatoms. The molecule has 0 amide bonds. The molecule has 0 N–H and O–H groups in total. The molecule has 2 heterocycles. The quantitative estimate of drug-likeness (QED) is 0.485. The van der Waals surface area contributed by atoms with Crippen LogP contribution in [-0.2, 0) is 20.7 Å². The van der Waals surface area contributed by atoms with Crippen LogP contribution in [0.15, 0.2) is 24.3 Å². The monoisotopic (exact) mass is 394 g/mol. The lowest BCUT2D eigenvalue weighted by Gasteiger charge is -2.47. The van der Waals surface area contributed by atoms with Crippen LogP contribution in [0.5, 0.6) is 0 Å².